The van der Waals surface area contributed by atoms with E-state index in [1.54, 1.807) is 0 Å². The molecule has 0 amide bonds. The summed E-state index contributed by atoms with van der Waals surface area (Å²) >= 11 is 23.4. The van der Waals surface area contributed by atoms with Crippen LogP contribution in [-0.2, 0) is 4.79 Å². The van der Waals surface area contributed by atoms with Gasteiger partial charge in [-0.1, -0.05) is 60.3 Å². The van der Waals surface area contributed by atoms with Crippen molar-refractivity contribution in [2.24, 2.45) is 5.41 Å². The van der Waals surface area contributed by atoms with Crippen LogP contribution in [0.3, 0.4) is 0 Å². The minimum atomic E-state index is -1.45. The van der Waals surface area contributed by atoms with E-state index in [1.165, 1.54) is 0 Å². The van der Waals surface area contributed by atoms with Crippen LogP contribution in [0, 0.1) is 5.41 Å². The zero-order chi connectivity index (χ0) is 10.5. The van der Waals surface area contributed by atoms with Crippen LogP contribution in [0.1, 0.15) is 26.7 Å². The first kappa shape index (κ1) is 11.9. The predicted octanol–water partition coefficient (Wildman–Crippen LogP) is 3.72. The monoisotopic (exact) mass is 262 g/mol. The molecule has 0 radical (unpaired) electrons. The lowest BCUT2D eigenvalue weighted by molar-refractivity contribution is -0.123. The highest BCUT2D eigenvalue weighted by Crippen LogP contribution is 2.52. The summed E-state index contributed by atoms with van der Waals surface area (Å²) in [4.78, 5) is 11.5. The van der Waals surface area contributed by atoms with Crippen molar-refractivity contribution in [1.29, 1.82) is 0 Å². The van der Waals surface area contributed by atoms with Gasteiger partial charge >= 0.3 is 0 Å². The fourth-order valence-corrected chi connectivity index (χ4v) is 3.98. The number of carbonyl (C=O) groups excluding carboxylic acids is 1. The predicted molar refractivity (Wildman–Crippen MR) is 56.9 cm³/mol. The van der Waals surface area contributed by atoms with Gasteiger partial charge in [-0.3, -0.25) is 4.79 Å². The molecule has 0 spiro atoms. The summed E-state index contributed by atoms with van der Waals surface area (Å²) in [6, 6.07) is 0. The van der Waals surface area contributed by atoms with E-state index in [2.05, 4.69) is 0 Å². The average molecular weight is 264 g/mol. The van der Waals surface area contributed by atoms with Gasteiger partial charge < -0.3 is 0 Å². The van der Waals surface area contributed by atoms with Crippen LogP contribution in [-0.4, -0.2) is 14.4 Å². The second-order valence-corrected chi connectivity index (χ2v) is 7.22. The lowest BCUT2D eigenvalue weighted by atomic mass is 9.76. The molecule has 0 aromatic rings. The lowest BCUT2D eigenvalue weighted by Crippen LogP contribution is -2.50. The van der Waals surface area contributed by atoms with E-state index < -0.39 is 14.4 Å². The number of halogens is 4. The van der Waals surface area contributed by atoms with Crippen molar-refractivity contribution in [2.75, 3.05) is 0 Å². The second-order valence-electron chi connectivity index (χ2n) is 4.26. The Morgan fingerprint density at radius 3 is 1.62 bits per heavy atom. The van der Waals surface area contributed by atoms with Crippen LogP contribution in [0.5, 0.6) is 0 Å². The number of hydrogen-bond acceptors (Lipinski definition) is 1. The standard InChI is InChI=1S/C8H10Cl4O/c1-6(2)3-7(9,10)5(13)8(11,12)4-6/h3-4H2,1-2H3. The van der Waals surface area contributed by atoms with Crippen LogP contribution in [0.15, 0.2) is 0 Å². The summed E-state index contributed by atoms with van der Waals surface area (Å²) in [5.74, 6) is -0.508. The van der Waals surface area contributed by atoms with Gasteiger partial charge in [-0.2, -0.15) is 0 Å². The molecular formula is C8H10Cl4O. The molecule has 0 heterocycles. The Morgan fingerprint density at radius 1 is 1.00 bits per heavy atom. The Hall–Kier alpha value is 0.830. The van der Waals surface area contributed by atoms with E-state index in [0.717, 1.165) is 0 Å². The largest absolute Gasteiger partial charge is 0.293 e. The van der Waals surface area contributed by atoms with Gasteiger partial charge in [0.25, 0.3) is 0 Å². The first-order chi connectivity index (χ1) is 5.57. The van der Waals surface area contributed by atoms with Gasteiger partial charge in [-0.15, -0.1) is 0 Å². The molecule has 0 N–H and O–H groups in total. The molecule has 76 valence electrons. The Labute approximate surface area is 97.7 Å². The van der Waals surface area contributed by atoms with Crippen LogP contribution < -0.4 is 0 Å². The van der Waals surface area contributed by atoms with Crippen molar-refractivity contribution in [3.05, 3.63) is 0 Å². The summed E-state index contributed by atoms with van der Waals surface area (Å²) < 4.78 is -2.91. The first-order valence-electron chi connectivity index (χ1n) is 3.87. The van der Waals surface area contributed by atoms with Gasteiger partial charge in [0.05, 0.1) is 0 Å². The molecule has 0 bridgehead atoms. The van der Waals surface area contributed by atoms with Gasteiger partial charge in [-0.25, -0.2) is 0 Å². The topological polar surface area (TPSA) is 17.1 Å². The van der Waals surface area contributed by atoms with Gasteiger partial charge in [0.2, 0.25) is 5.78 Å². The molecule has 0 atom stereocenters. The second kappa shape index (κ2) is 3.16. The van der Waals surface area contributed by atoms with Gasteiger partial charge in [0.15, 0.2) is 8.67 Å². The van der Waals surface area contributed by atoms with Crippen molar-refractivity contribution in [1.82, 2.24) is 0 Å². The fourth-order valence-electron chi connectivity index (χ4n) is 1.69. The smallest absolute Gasteiger partial charge is 0.204 e. The molecule has 1 fully saturated rings. The molecule has 0 aromatic heterocycles. The number of Topliss-reactive ketones (excluding diaryl/α,β-unsaturated/α-hetero) is 1. The molecule has 1 rings (SSSR count). The maximum atomic E-state index is 11.5. The molecule has 0 unspecified atom stereocenters. The Kier molecular flexibility index (Phi) is 2.89. The van der Waals surface area contributed by atoms with Crippen LogP contribution in [0.2, 0.25) is 0 Å². The van der Waals surface area contributed by atoms with Crippen molar-refractivity contribution in [2.45, 2.75) is 35.4 Å². The number of hydrogen-bond donors (Lipinski definition) is 0. The summed E-state index contributed by atoms with van der Waals surface area (Å²) in [6.07, 6.45) is 0.756. The summed E-state index contributed by atoms with van der Waals surface area (Å²) in [5.41, 5.74) is -0.221. The third-order valence-corrected chi connectivity index (χ3v) is 3.29. The minimum Gasteiger partial charge on any atom is -0.293 e. The summed E-state index contributed by atoms with van der Waals surface area (Å²) in [6.45, 7) is 3.86. The van der Waals surface area contributed by atoms with E-state index in [4.69, 9.17) is 46.4 Å². The van der Waals surface area contributed by atoms with Crippen molar-refractivity contribution >= 4 is 52.2 Å². The Bertz CT molecular complexity index is 223. The highest BCUT2D eigenvalue weighted by molar-refractivity contribution is 6.68. The molecule has 5 heteroatoms. The lowest BCUT2D eigenvalue weighted by Gasteiger charge is -2.42. The zero-order valence-corrected chi connectivity index (χ0v) is 10.4. The van der Waals surface area contributed by atoms with E-state index in [-0.39, 0.29) is 5.41 Å². The minimum absolute atomic E-state index is 0.221. The third kappa shape index (κ3) is 2.44. The van der Waals surface area contributed by atoms with Gasteiger partial charge in [0.1, 0.15) is 0 Å². The third-order valence-electron chi connectivity index (χ3n) is 2.07. The molecule has 0 aromatic carbocycles. The van der Waals surface area contributed by atoms with Crippen LogP contribution >= 0.6 is 46.4 Å². The maximum absolute atomic E-state index is 11.5. The molecular weight excluding hydrogens is 254 g/mol. The highest BCUT2D eigenvalue weighted by Gasteiger charge is 2.56. The Morgan fingerprint density at radius 2 is 1.31 bits per heavy atom. The van der Waals surface area contributed by atoms with E-state index in [9.17, 15) is 4.79 Å². The normalized spacial score (nSPS) is 30.2. The van der Waals surface area contributed by atoms with Crippen molar-refractivity contribution < 1.29 is 4.79 Å². The van der Waals surface area contributed by atoms with E-state index in [1.807, 2.05) is 13.8 Å². The van der Waals surface area contributed by atoms with Crippen LogP contribution in [0.25, 0.3) is 0 Å². The molecule has 1 nitrogen and oxygen atoms in total. The molecule has 1 aliphatic rings. The zero-order valence-electron chi connectivity index (χ0n) is 7.33. The van der Waals surface area contributed by atoms with Crippen molar-refractivity contribution in [3.8, 4) is 0 Å². The molecule has 13 heavy (non-hydrogen) atoms. The quantitative estimate of drug-likeness (QED) is 0.609. The first-order valence-corrected chi connectivity index (χ1v) is 5.39. The summed E-state index contributed by atoms with van der Waals surface area (Å²) in [5, 5.41) is 0. The SMILES string of the molecule is CC1(C)CC(Cl)(Cl)C(=O)C(Cl)(Cl)C1. The summed E-state index contributed by atoms with van der Waals surface area (Å²) in [7, 11) is 0. The fraction of sp³-hybridized carbons (Fsp3) is 0.875. The molecule has 0 aliphatic heterocycles. The van der Waals surface area contributed by atoms with Gasteiger partial charge in [-0.05, 0) is 18.3 Å². The van der Waals surface area contributed by atoms with Crippen molar-refractivity contribution in [3.63, 3.8) is 0 Å². The molecule has 1 saturated carbocycles. The number of rotatable bonds is 0. The maximum Gasteiger partial charge on any atom is 0.204 e. The van der Waals surface area contributed by atoms with E-state index in [0.29, 0.717) is 12.8 Å². The van der Waals surface area contributed by atoms with Crippen LogP contribution in [0.4, 0.5) is 0 Å². The number of carbonyl (C=O) groups is 1. The van der Waals surface area contributed by atoms with Gasteiger partial charge in [0, 0.05) is 0 Å². The Balaban J connectivity index is 3.03. The molecule has 1 aliphatic carbocycles. The van der Waals surface area contributed by atoms with E-state index >= 15 is 0 Å². The number of ketones is 1. The average Bonchev–Trinajstić information content (AvgIpc) is 1.77. The highest BCUT2D eigenvalue weighted by atomic mass is 35.5. The molecule has 0 saturated heterocycles. The number of alkyl halides is 4.